The number of ether oxygens (including phenoxy) is 2. The molecule has 0 radical (unpaired) electrons. The fourth-order valence-corrected chi connectivity index (χ4v) is 1.69. The predicted octanol–water partition coefficient (Wildman–Crippen LogP) is 3.21. The summed E-state index contributed by atoms with van der Waals surface area (Å²) in [5.74, 6) is -2.17. The summed E-state index contributed by atoms with van der Waals surface area (Å²) in [6, 6.07) is 2.45. The van der Waals surface area contributed by atoms with Gasteiger partial charge in [0.25, 0.3) is 5.78 Å². The van der Waals surface area contributed by atoms with Crippen LogP contribution in [0.2, 0.25) is 0 Å². The highest BCUT2D eigenvalue weighted by Crippen LogP contribution is 2.37. The van der Waals surface area contributed by atoms with E-state index in [9.17, 15) is 18.0 Å². The molecule has 0 bridgehead atoms. The zero-order valence-corrected chi connectivity index (χ0v) is 10.5. The van der Waals surface area contributed by atoms with E-state index in [2.05, 4.69) is 15.9 Å². The first-order chi connectivity index (χ1) is 7.81. The molecule has 0 aliphatic rings. The van der Waals surface area contributed by atoms with Crippen LogP contribution in [0.1, 0.15) is 10.4 Å². The Bertz CT molecular complexity index is 443. The van der Waals surface area contributed by atoms with Crippen LogP contribution in [0.3, 0.4) is 0 Å². The number of rotatable bonds is 3. The molecule has 94 valence electrons. The van der Waals surface area contributed by atoms with E-state index in [1.807, 2.05) is 0 Å². The van der Waals surface area contributed by atoms with Crippen molar-refractivity contribution in [2.75, 3.05) is 14.2 Å². The number of halogens is 4. The van der Waals surface area contributed by atoms with Gasteiger partial charge in [0.2, 0.25) is 0 Å². The first-order valence-electron chi connectivity index (χ1n) is 4.34. The third-order valence-electron chi connectivity index (χ3n) is 1.95. The highest BCUT2D eigenvalue weighted by atomic mass is 79.9. The van der Waals surface area contributed by atoms with Gasteiger partial charge in [0.1, 0.15) is 0 Å². The quantitative estimate of drug-likeness (QED) is 0.804. The first kappa shape index (κ1) is 13.8. The van der Waals surface area contributed by atoms with Crippen molar-refractivity contribution >= 4 is 21.7 Å². The maximum absolute atomic E-state index is 12.4. The van der Waals surface area contributed by atoms with Crippen LogP contribution >= 0.6 is 15.9 Å². The van der Waals surface area contributed by atoms with Gasteiger partial charge in [-0.2, -0.15) is 13.2 Å². The van der Waals surface area contributed by atoms with Gasteiger partial charge in [-0.05, 0) is 12.1 Å². The molecule has 1 aromatic rings. The van der Waals surface area contributed by atoms with Crippen LogP contribution in [0, 0.1) is 0 Å². The van der Waals surface area contributed by atoms with E-state index in [1.54, 1.807) is 0 Å². The lowest BCUT2D eigenvalue weighted by molar-refractivity contribution is -0.0886. The molecule has 0 unspecified atom stereocenters. The van der Waals surface area contributed by atoms with Crippen LogP contribution in [-0.2, 0) is 0 Å². The summed E-state index contributed by atoms with van der Waals surface area (Å²) in [7, 11) is 2.44. The fraction of sp³-hybridized carbons (Fsp3) is 0.300. The average molecular weight is 313 g/mol. The van der Waals surface area contributed by atoms with Crippen LogP contribution in [-0.4, -0.2) is 26.2 Å². The first-order valence-corrected chi connectivity index (χ1v) is 5.13. The molecule has 0 fully saturated rings. The second-order valence-corrected chi connectivity index (χ2v) is 3.93. The summed E-state index contributed by atoms with van der Waals surface area (Å²) >= 11 is 3.00. The van der Waals surface area contributed by atoms with Gasteiger partial charge in [-0.15, -0.1) is 0 Å². The SMILES string of the molecule is COc1cc(Br)cc(C(=O)C(F)(F)F)c1OC. The summed E-state index contributed by atoms with van der Waals surface area (Å²) in [4.78, 5) is 11.2. The second kappa shape index (κ2) is 4.95. The molecular formula is C10H8BrF3O3. The maximum atomic E-state index is 12.4. The Morgan fingerprint density at radius 3 is 2.24 bits per heavy atom. The molecule has 0 N–H and O–H groups in total. The number of ketones is 1. The molecule has 1 rings (SSSR count). The van der Waals surface area contributed by atoms with E-state index in [-0.39, 0.29) is 11.5 Å². The van der Waals surface area contributed by atoms with Crippen LogP contribution in [0.15, 0.2) is 16.6 Å². The van der Waals surface area contributed by atoms with Crippen molar-refractivity contribution in [2.24, 2.45) is 0 Å². The Balaban J connectivity index is 3.42. The number of hydrogen-bond donors (Lipinski definition) is 0. The van der Waals surface area contributed by atoms with Crippen LogP contribution in [0.4, 0.5) is 13.2 Å². The van der Waals surface area contributed by atoms with E-state index in [4.69, 9.17) is 9.47 Å². The average Bonchev–Trinajstić information content (AvgIpc) is 2.25. The molecule has 1 aromatic carbocycles. The van der Waals surface area contributed by atoms with E-state index in [0.717, 1.165) is 6.07 Å². The highest BCUT2D eigenvalue weighted by Gasteiger charge is 2.41. The third-order valence-corrected chi connectivity index (χ3v) is 2.40. The van der Waals surface area contributed by atoms with Crippen LogP contribution in [0.25, 0.3) is 0 Å². The Kier molecular flexibility index (Phi) is 4.03. The summed E-state index contributed by atoms with van der Waals surface area (Å²) in [6.45, 7) is 0. The number of benzene rings is 1. The molecule has 0 spiro atoms. The molecule has 17 heavy (non-hydrogen) atoms. The van der Waals surface area contributed by atoms with Gasteiger partial charge in [-0.1, -0.05) is 15.9 Å². The van der Waals surface area contributed by atoms with Crippen molar-refractivity contribution in [2.45, 2.75) is 6.18 Å². The predicted molar refractivity (Wildman–Crippen MR) is 57.6 cm³/mol. The Morgan fingerprint density at radius 2 is 1.82 bits per heavy atom. The van der Waals surface area contributed by atoms with Gasteiger partial charge < -0.3 is 9.47 Å². The van der Waals surface area contributed by atoms with Gasteiger partial charge in [0, 0.05) is 4.47 Å². The summed E-state index contributed by atoms with van der Waals surface area (Å²) < 4.78 is 47.0. The molecule has 0 aromatic heterocycles. The van der Waals surface area contributed by atoms with Crippen molar-refractivity contribution in [1.82, 2.24) is 0 Å². The van der Waals surface area contributed by atoms with Crippen molar-refractivity contribution in [3.8, 4) is 11.5 Å². The van der Waals surface area contributed by atoms with Crippen LogP contribution in [0.5, 0.6) is 11.5 Å². The fourth-order valence-electron chi connectivity index (χ4n) is 1.25. The normalized spacial score (nSPS) is 11.2. The Morgan fingerprint density at radius 1 is 1.24 bits per heavy atom. The van der Waals surface area contributed by atoms with Crippen molar-refractivity contribution in [3.63, 3.8) is 0 Å². The van der Waals surface area contributed by atoms with Gasteiger partial charge >= 0.3 is 6.18 Å². The largest absolute Gasteiger partial charge is 0.493 e. The number of carbonyl (C=O) groups excluding carboxylic acids is 1. The van der Waals surface area contributed by atoms with Crippen molar-refractivity contribution in [1.29, 1.82) is 0 Å². The molecule has 0 saturated carbocycles. The topological polar surface area (TPSA) is 35.5 Å². The van der Waals surface area contributed by atoms with Crippen molar-refractivity contribution in [3.05, 3.63) is 22.2 Å². The number of methoxy groups -OCH3 is 2. The molecule has 0 heterocycles. The smallest absolute Gasteiger partial charge is 0.455 e. The zero-order chi connectivity index (χ0) is 13.2. The Hall–Kier alpha value is -1.24. The maximum Gasteiger partial charge on any atom is 0.455 e. The van der Waals surface area contributed by atoms with Crippen molar-refractivity contribution < 1.29 is 27.4 Å². The summed E-state index contributed by atoms with van der Waals surface area (Å²) in [6.07, 6.45) is -4.96. The molecule has 0 aliphatic heterocycles. The molecule has 0 amide bonds. The minimum absolute atomic E-state index is 0.0504. The lowest BCUT2D eigenvalue weighted by Gasteiger charge is -2.13. The Labute approximate surface area is 104 Å². The second-order valence-electron chi connectivity index (χ2n) is 3.02. The number of Topliss-reactive ketones (excluding diaryl/α,β-unsaturated/α-hetero) is 1. The summed E-state index contributed by atoms with van der Waals surface area (Å²) in [5, 5.41) is 0. The van der Waals surface area contributed by atoms with Gasteiger partial charge in [-0.3, -0.25) is 4.79 Å². The van der Waals surface area contributed by atoms with E-state index in [0.29, 0.717) is 4.47 Å². The molecule has 0 saturated heterocycles. The number of carbonyl (C=O) groups is 1. The van der Waals surface area contributed by atoms with Gasteiger partial charge in [-0.25, -0.2) is 0 Å². The minimum Gasteiger partial charge on any atom is -0.493 e. The third kappa shape index (κ3) is 2.91. The molecule has 3 nitrogen and oxygen atoms in total. The lowest BCUT2D eigenvalue weighted by Crippen LogP contribution is -2.23. The monoisotopic (exact) mass is 312 g/mol. The van der Waals surface area contributed by atoms with Crippen LogP contribution < -0.4 is 9.47 Å². The van der Waals surface area contributed by atoms with Gasteiger partial charge in [0.05, 0.1) is 19.8 Å². The number of alkyl halides is 3. The standard InChI is InChI=1S/C10H8BrF3O3/c1-16-7-4-5(11)3-6(8(7)17-2)9(15)10(12,13)14/h3-4H,1-2H3. The minimum atomic E-state index is -4.96. The molecular weight excluding hydrogens is 305 g/mol. The zero-order valence-electron chi connectivity index (χ0n) is 8.89. The molecule has 7 heteroatoms. The molecule has 0 aliphatic carbocycles. The van der Waals surface area contributed by atoms with E-state index < -0.39 is 17.5 Å². The lowest BCUT2D eigenvalue weighted by atomic mass is 10.1. The molecule has 0 atom stereocenters. The summed E-state index contributed by atoms with van der Waals surface area (Å²) in [5.41, 5.74) is -0.591. The van der Waals surface area contributed by atoms with E-state index in [1.165, 1.54) is 20.3 Å². The highest BCUT2D eigenvalue weighted by molar-refractivity contribution is 9.10. The number of hydrogen-bond acceptors (Lipinski definition) is 3. The van der Waals surface area contributed by atoms with E-state index >= 15 is 0 Å². The van der Waals surface area contributed by atoms with Gasteiger partial charge in [0.15, 0.2) is 11.5 Å².